The van der Waals surface area contributed by atoms with Crippen molar-refractivity contribution in [2.75, 3.05) is 19.5 Å². The molecule has 9 heteroatoms. The lowest BCUT2D eigenvalue weighted by Gasteiger charge is -2.33. The molecule has 1 heterocycles. The number of ether oxygens (including phenoxy) is 2. The number of amides is 1. The van der Waals surface area contributed by atoms with E-state index in [9.17, 15) is 9.90 Å². The van der Waals surface area contributed by atoms with Crippen LogP contribution in [0.4, 0.5) is 14.5 Å². The van der Waals surface area contributed by atoms with Crippen molar-refractivity contribution in [2.24, 2.45) is 0 Å². The Hall–Kier alpha value is -3.72. The fourth-order valence-electron chi connectivity index (χ4n) is 4.24. The Balaban J connectivity index is 1.75. The van der Waals surface area contributed by atoms with Crippen molar-refractivity contribution in [1.82, 2.24) is 10.2 Å². The summed E-state index contributed by atoms with van der Waals surface area (Å²) in [6.45, 7) is 3.46. The Morgan fingerprint density at radius 2 is 1.91 bits per heavy atom. The second-order valence-corrected chi connectivity index (χ2v) is 7.76. The molecule has 1 aliphatic rings. The van der Waals surface area contributed by atoms with Crippen molar-refractivity contribution in [3.63, 3.8) is 0 Å². The van der Waals surface area contributed by atoms with Crippen LogP contribution in [-0.4, -0.2) is 35.4 Å². The number of halogens is 2. The average molecular weight is 455 g/mol. The first kappa shape index (κ1) is 22.5. The molecule has 1 aliphatic carbocycles. The van der Waals surface area contributed by atoms with Crippen LogP contribution in [0.15, 0.2) is 43.0 Å². The molecule has 0 fully saturated rings. The van der Waals surface area contributed by atoms with E-state index >= 15 is 8.78 Å². The maximum atomic E-state index is 15.1. The summed E-state index contributed by atoms with van der Waals surface area (Å²) in [6, 6.07) is 8.25. The van der Waals surface area contributed by atoms with Gasteiger partial charge in [0.25, 0.3) is 0 Å². The first-order chi connectivity index (χ1) is 15.8. The highest BCUT2D eigenvalue weighted by Gasteiger charge is 2.42. The molecule has 0 radical (unpaired) electrons. The van der Waals surface area contributed by atoms with E-state index in [-0.39, 0.29) is 30.2 Å². The van der Waals surface area contributed by atoms with E-state index in [2.05, 4.69) is 22.1 Å². The Morgan fingerprint density at radius 3 is 2.55 bits per heavy atom. The van der Waals surface area contributed by atoms with Gasteiger partial charge in [-0.3, -0.25) is 9.89 Å². The number of fused-ring (bicyclic) bond motifs is 1. The Bertz CT molecular complexity index is 1210. The summed E-state index contributed by atoms with van der Waals surface area (Å²) in [7, 11) is 2.51. The van der Waals surface area contributed by atoms with Crippen LogP contribution in [0, 0.1) is 11.6 Å². The van der Waals surface area contributed by atoms with Gasteiger partial charge in [0, 0.05) is 29.3 Å². The molecule has 0 bridgehead atoms. The molecule has 172 valence electrons. The van der Waals surface area contributed by atoms with E-state index in [1.165, 1.54) is 20.3 Å². The van der Waals surface area contributed by atoms with Crippen LogP contribution in [0.25, 0.3) is 11.3 Å². The van der Waals surface area contributed by atoms with Gasteiger partial charge in [-0.15, -0.1) is 0 Å². The van der Waals surface area contributed by atoms with Gasteiger partial charge in [0.15, 0.2) is 23.1 Å². The third-order valence-corrected chi connectivity index (χ3v) is 5.88. The normalized spacial score (nSPS) is 17.2. The smallest absolute Gasteiger partial charge is 0.247 e. The maximum absolute atomic E-state index is 15.1. The van der Waals surface area contributed by atoms with E-state index in [4.69, 9.17) is 9.47 Å². The Morgan fingerprint density at radius 1 is 1.24 bits per heavy atom. The fraction of sp³-hybridized carbons (Fsp3) is 0.250. The van der Waals surface area contributed by atoms with Gasteiger partial charge < -0.3 is 19.9 Å². The van der Waals surface area contributed by atoms with Gasteiger partial charge in [0.2, 0.25) is 5.91 Å². The summed E-state index contributed by atoms with van der Waals surface area (Å²) in [4.78, 5) is 11.8. The van der Waals surface area contributed by atoms with E-state index in [1.54, 1.807) is 12.1 Å². The van der Waals surface area contributed by atoms with E-state index in [0.29, 0.717) is 29.1 Å². The zero-order valence-electron chi connectivity index (χ0n) is 18.2. The molecule has 1 amide bonds. The van der Waals surface area contributed by atoms with Crippen LogP contribution >= 0.6 is 0 Å². The Labute approximate surface area is 189 Å². The van der Waals surface area contributed by atoms with Crippen LogP contribution in [0.5, 0.6) is 11.5 Å². The number of hydrogen-bond acceptors (Lipinski definition) is 5. The maximum Gasteiger partial charge on any atom is 0.247 e. The topological polar surface area (TPSA) is 96.5 Å². The SMILES string of the molecule is C=CC(=O)Nc1ccccc1-c1n[nH]c2c1CC[C@@](O)(c1c(F)c(OC)cc(OC)c1F)C2. The van der Waals surface area contributed by atoms with Crippen molar-refractivity contribution in [1.29, 1.82) is 0 Å². The highest BCUT2D eigenvalue weighted by atomic mass is 19.1. The molecule has 7 nitrogen and oxygen atoms in total. The first-order valence-corrected chi connectivity index (χ1v) is 10.2. The molecule has 3 N–H and O–H groups in total. The minimum atomic E-state index is -1.84. The van der Waals surface area contributed by atoms with E-state index in [1.807, 2.05) is 12.1 Å². The number of nitrogens with zero attached hydrogens (tertiary/aromatic N) is 1. The summed E-state index contributed by atoms with van der Waals surface area (Å²) in [5.74, 6) is -2.75. The largest absolute Gasteiger partial charge is 0.494 e. The molecule has 0 spiro atoms. The Kier molecular flexibility index (Phi) is 5.90. The van der Waals surface area contributed by atoms with Crippen LogP contribution in [-0.2, 0) is 23.2 Å². The molecule has 1 atom stereocenters. The molecule has 0 unspecified atom stereocenters. The predicted octanol–water partition coefficient (Wildman–Crippen LogP) is 3.87. The van der Waals surface area contributed by atoms with Gasteiger partial charge >= 0.3 is 0 Å². The molecule has 0 saturated carbocycles. The summed E-state index contributed by atoms with van der Waals surface area (Å²) in [5.41, 5.74) is 0.821. The summed E-state index contributed by atoms with van der Waals surface area (Å²) >= 11 is 0. The molecular weight excluding hydrogens is 432 g/mol. The molecule has 0 saturated heterocycles. The van der Waals surface area contributed by atoms with Crippen molar-refractivity contribution in [3.05, 3.63) is 71.4 Å². The molecule has 2 aromatic carbocycles. The fourth-order valence-corrected chi connectivity index (χ4v) is 4.24. The van der Waals surface area contributed by atoms with Crippen LogP contribution in [0.1, 0.15) is 23.2 Å². The lowest BCUT2D eigenvalue weighted by atomic mass is 9.77. The van der Waals surface area contributed by atoms with Crippen molar-refractivity contribution < 1.29 is 28.2 Å². The number of aromatic amines is 1. The number of methoxy groups -OCH3 is 2. The highest BCUT2D eigenvalue weighted by Crippen LogP contribution is 2.45. The van der Waals surface area contributed by atoms with Gasteiger partial charge in [-0.1, -0.05) is 24.8 Å². The quantitative estimate of drug-likeness (QED) is 0.491. The summed E-state index contributed by atoms with van der Waals surface area (Å²) in [6.07, 6.45) is 1.40. The summed E-state index contributed by atoms with van der Waals surface area (Å²) in [5, 5.41) is 21.4. The summed E-state index contributed by atoms with van der Waals surface area (Å²) < 4.78 is 40.2. The van der Waals surface area contributed by atoms with Gasteiger partial charge in [-0.2, -0.15) is 5.10 Å². The van der Waals surface area contributed by atoms with Gasteiger partial charge in [-0.05, 0) is 25.0 Å². The number of rotatable bonds is 6. The number of carbonyl (C=O) groups excluding carboxylic acids is 1. The minimum Gasteiger partial charge on any atom is -0.494 e. The number of benzene rings is 2. The second kappa shape index (κ2) is 8.67. The van der Waals surface area contributed by atoms with Crippen molar-refractivity contribution in [3.8, 4) is 22.8 Å². The van der Waals surface area contributed by atoms with E-state index < -0.39 is 22.8 Å². The molecular formula is C24H23F2N3O4. The zero-order chi connectivity index (χ0) is 23.8. The molecule has 0 aliphatic heterocycles. The minimum absolute atomic E-state index is 0.0396. The van der Waals surface area contributed by atoms with Crippen LogP contribution in [0.2, 0.25) is 0 Å². The number of para-hydroxylation sites is 1. The molecule has 3 aromatic rings. The number of H-pyrrole nitrogens is 1. The number of aromatic nitrogens is 2. The van der Waals surface area contributed by atoms with Gasteiger partial charge in [0.05, 0.1) is 31.2 Å². The number of nitrogens with one attached hydrogen (secondary N) is 2. The molecule has 33 heavy (non-hydrogen) atoms. The predicted molar refractivity (Wildman–Crippen MR) is 118 cm³/mol. The van der Waals surface area contributed by atoms with Crippen LogP contribution in [0.3, 0.4) is 0 Å². The van der Waals surface area contributed by atoms with Gasteiger partial charge in [0.1, 0.15) is 5.60 Å². The van der Waals surface area contributed by atoms with Crippen LogP contribution < -0.4 is 14.8 Å². The van der Waals surface area contributed by atoms with Crippen molar-refractivity contribution in [2.45, 2.75) is 24.9 Å². The highest BCUT2D eigenvalue weighted by molar-refractivity contribution is 6.01. The lowest BCUT2D eigenvalue weighted by Crippen LogP contribution is -2.35. The monoisotopic (exact) mass is 455 g/mol. The standard InChI is InChI=1S/C24H23F2N3O4/c1-4-19(30)27-15-8-6-5-7-13(15)23-14-9-10-24(31,12-16(14)28-29-23)20-21(25)17(32-2)11-18(33-3)22(20)26/h4-8,11,31H,1,9-10,12H2,2-3H3,(H,27,30)(H,28,29)/t24-/m0/s1. The zero-order valence-corrected chi connectivity index (χ0v) is 18.2. The van der Waals surface area contributed by atoms with E-state index in [0.717, 1.165) is 11.6 Å². The molecule has 4 rings (SSSR count). The van der Waals surface area contributed by atoms with Crippen molar-refractivity contribution >= 4 is 11.6 Å². The first-order valence-electron chi connectivity index (χ1n) is 10.2. The number of anilines is 1. The third-order valence-electron chi connectivity index (χ3n) is 5.88. The lowest BCUT2D eigenvalue weighted by molar-refractivity contribution is -0.111. The average Bonchev–Trinajstić information content (AvgIpc) is 3.22. The second-order valence-electron chi connectivity index (χ2n) is 7.76. The number of carbonyl (C=O) groups is 1. The number of hydrogen-bond donors (Lipinski definition) is 3. The van der Waals surface area contributed by atoms with Gasteiger partial charge in [-0.25, -0.2) is 8.78 Å². The molecule has 1 aromatic heterocycles. The third kappa shape index (κ3) is 3.84. The number of aliphatic hydroxyl groups is 1.